The Hall–Kier alpha value is -1.83. The Morgan fingerprint density at radius 1 is 1.30 bits per heavy atom. The molecule has 0 unspecified atom stereocenters. The molecular formula is C15H20F4N2O2. The first-order chi connectivity index (χ1) is 10.4. The lowest BCUT2D eigenvalue weighted by molar-refractivity contribution is -0.140. The number of hydrogen-bond acceptors (Lipinski definition) is 3. The number of alkyl halides is 3. The molecule has 0 bridgehead atoms. The normalized spacial score (nSPS) is 13.6. The van der Waals surface area contributed by atoms with Crippen LogP contribution in [0.15, 0.2) is 18.2 Å². The number of ether oxygens (including phenoxy) is 1. The third-order valence-electron chi connectivity index (χ3n) is 2.85. The summed E-state index contributed by atoms with van der Waals surface area (Å²) < 4.78 is 55.9. The van der Waals surface area contributed by atoms with E-state index in [1.807, 2.05) is 0 Å². The second kappa shape index (κ2) is 7.16. The predicted octanol–water partition coefficient (Wildman–Crippen LogP) is 3.76. The highest BCUT2D eigenvalue weighted by Crippen LogP contribution is 2.32. The van der Waals surface area contributed by atoms with E-state index in [1.165, 1.54) is 0 Å². The summed E-state index contributed by atoms with van der Waals surface area (Å²) in [6.45, 7) is 5.29. The highest BCUT2D eigenvalue weighted by Gasteiger charge is 2.34. The summed E-state index contributed by atoms with van der Waals surface area (Å²) in [6.07, 6.45) is -5.14. The summed E-state index contributed by atoms with van der Waals surface area (Å²) in [5.74, 6) is -1.37. The van der Waals surface area contributed by atoms with Gasteiger partial charge in [-0.2, -0.15) is 13.2 Å². The molecular weight excluding hydrogens is 316 g/mol. The maximum atomic E-state index is 13.5. The fourth-order valence-electron chi connectivity index (χ4n) is 1.80. The molecule has 1 rings (SSSR count). The molecule has 0 saturated heterocycles. The third kappa shape index (κ3) is 6.43. The number of benzene rings is 1. The van der Waals surface area contributed by atoms with Crippen molar-refractivity contribution in [3.05, 3.63) is 35.1 Å². The fraction of sp³-hybridized carbons (Fsp3) is 0.533. The highest BCUT2D eigenvalue weighted by atomic mass is 19.4. The molecule has 23 heavy (non-hydrogen) atoms. The van der Waals surface area contributed by atoms with Crippen molar-refractivity contribution >= 4 is 6.09 Å². The molecule has 0 aliphatic carbocycles. The van der Waals surface area contributed by atoms with Gasteiger partial charge < -0.3 is 15.8 Å². The van der Waals surface area contributed by atoms with Gasteiger partial charge >= 0.3 is 12.3 Å². The first-order valence-corrected chi connectivity index (χ1v) is 6.99. The lowest BCUT2D eigenvalue weighted by Crippen LogP contribution is -2.34. The number of carbonyl (C=O) groups is 1. The molecule has 1 aromatic carbocycles. The van der Waals surface area contributed by atoms with Crippen LogP contribution < -0.4 is 11.1 Å². The van der Waals surface area contributed by atoms with Gasteiger partial charge in [0.2, 0.25) is 0 Å². The van der Waals surface area contributed by atoms with Gasteiger partial charge in [-0.05, 0) is 44.9 Å². The van der Waals surface area contributed by atoms with Gasteiger partial charge in [-0.1, -0.05) is 6.07 Å². The molecule has 0 aliphatic rings. The van der Waals surface area contributed by atoms with Crippen LogP contribution in [0, 0.1) is 5.82 Å². The molecule has 0 heterocycles. The fourth-order valence-corrected chi connectivity index (χ4v) is 1.80. The van der Waals surface area contributed by atoms with Crippen molar-refractivity contribution < 1.29 is 27.1 Å². The van der Waals surface area contributed by atoms with E-state index >= 15 is 0 Å². The second-order valence-electron chi connectivity index (χ2n) is 6.06. The summed E-state index contributed by atoms with van der Waals surface area (Å²) in [7, 11) is 0. The Morgan fingerprint density at radius 2 is 1.91 bits per heavy atom. The minimum atomic E-state index is -4.75. The van der Waals surface area contributed by atoms with Gasteiger partial charge in [0, 0.05) is 12.6 Å². The first kappa shape index (κ1) is 19.2. The smallest absolute Gasteiger partial charge is 0.419 e. The summed E-state index contributed by atoms with van der Waals surface area (Å²) >= 11 is 0. The topological polar surface area (TPSA) is 64.3 Å². The van der Waals surface area contributed by atoms with Crippen LogP contribution in [-0.4, -0.2) is 18.2 Å². The predicted molar refractivity (Wildman–Crippen MR) is 77.2 cm³/mol. The van der Waals surface area contributed by atoms with Crippen molar-refractivity contribution in [1.29, 1.82) is 0 Å². The third-order valence-corrected chi connectivity index (χ3v) is 2.85. The van der Waals surface area contributed by atoms with E-state index in [0.29, 0.717) is 6.07 Å². The van der Waals surface area contributed by atoms with E-state index in [4.69, 9.17) is 10.5 Å². The molecule has 0 spiro atoms. The van der Waals surface area contributed by atoms with Gasteiger partial charge in [0.15, 0.2) is 0 Å². The summed E-state index contributed by atoms with van der Waals surface area (Å²) in [5, 5.41) is 2.48. The zero-order valence-corrected chi connectivity index (χ0v) is 13.1. The molecule has 1 aromatic rings. The molecule has 0 aliphatic heterocycles. The Bertz CT molecular complexity index is 553. The molecule has 0 fully saturated rings. The Balaban J connectivity index is 2.57. The van der Waals surface area contributed by atoms with E-state index in [1.54, 1.807) is 20.8 Å². The summed E-state index contributed by atoms with van der Waals surface area (Å²) in [4.78, 5) is 11.4. The van der Waals surface area contributed by atoms with Crippen LogP contribution in [0.1, 0.15) is 44.4 Å². The Labute approximate surface area is 132 Å². The van der Waals surface area contributed by atoms with E-state index in [0.717, 1.165) is 12.1 Å². The largest absolute Gasteiger partial charge is 0.444 e. The molecule has 3 N–H and O–H groups in total. The summed E-state index contributed by atoms with van der Waals surface area (Å²) in [5.41, 5.74) is 4.05. The second-order valence-corrected chi connectivity index (χ2v) is 6.06. The number of rotatable bonds is 4. The standard InChI is InChI=1S/C15H20F4N2O2/c1-14(2,3)23-13(22)21-7-6-12(20)9-4-5-10(11(16)8-9)15(17,18)19/h4-5,8,12H,6-7,20H2,1-3H3,(H,21,22)/t12-/m1/s1. The van der Waals surface area contributed by atoms with Crippen molar-refractivity contribution in [2.75, 3.05) is 6.54 Å². The lowest BCUT2D eigenvalue weighted by Gasteiger charge is -2.20. The van der Waals surface area contributed by atoms with E-state index < -0.39 is 35.3 Å². The van der Waals surface area contributed by atoms with Gasteiger partial charge in [0.1, 0.15) is 11.4 Å². The van der Waals surface area contributed by atoms with Crippen molar-refractivity contribution in [3.8, 4) is 0 Å². The first-order valence-electron chi connectivity index (χ1n) is 6.99. The molecule has 0 radical (unpaired) electrons. The molecule has 0 aromatic heterocycles. The maximum Gasteiger partial charge on any atom is 0.419 e. The zero-order chi connectivity index (χ0) is 17.8. The van der Waals surface area contributed by atoms with Gasteiger partial charge in [-0.25, -0.2) is 9.18 Å². The number of carbonyl (C=O) groups excluding carboxylic acids is 1. The highest BCUT2D eigenvalue weighted by molar-refractivity contribution is 5.67. The van der Waals surface area contributed by atoms with Crippen molar-refractivity contribution in [3.63, 3.8) is 0 Å². The molecule has 1 atom stereocenters. The monoisotopic (exact) mass is 336 g/mol. The minimum absolute atomic E-state index is 0.152. The van der Waals surface area contributed by atoms with Gasteiger partial charge in [0.05, 0.1) is 5.56 Å². The summed E-state index contributed by atoms with van der Waals surface area (Å²) in [6, 6.07) is 1.85. The van der Waals surface area contributed by atoms with Crippen LogP contribution in [0.3, 0.4) is 0 Å². The van der Waals surface area contributed by atoms with Crippen LogP contribution in [0.2, 0.25) is 0 Å². The van der Waals surface area contributed by atoms with Crippen molar-refractivity contribution in [1.82, 2.24) is 5.32 Å². The molecule has 8 heteroatoms. The number of alkyl carbamates (subject to hydrolysis) is 1. The maximum absolute atomic E-state index is 13.5. The zero-order valence-electron chi connectivity index (χ0n) is 13.1. The van der Waals surface area contributed by atoms with Crippen LogP contribution in [0.25, 0.3) is 0 Å². The molecule has 130 valence electrons. The number of hydrogen-bond donors (Lipinski definition) is 2. The van der Waals surface area contributed by atoms with Gasteiger partial charge in [-0.3, -0.25) is 0 Å². The van der Waals surface area contributed by atoms with Crippen LogP contribution in [0.5, 0.6) is 0 Å². The SMILES string of the molecule is CC(C)(C)OC(=O)NCC[C@@H](N)c1ccc(C(F)(F)F)c(F)c1. The van der Waals surface area contributed by atoms with Gasteiger partial charge in [-0.15, -0.1) is 0 Å². The Morgan fingerprint density at radius 3 is 2.39 bits per heavy atom. The number of nitrogens with two attached hydrogens (primary N) is 1. The molecule has 1 amide bonds. The number of halogens is 4. The number of amides is 1. The lowest BCUT2D eigenvalue weighted by atomic mass is 10.0. The quantitative estimate of drug-likeness (QED) is 0.823. The minimum Gasteiger partial charge on any atom is -0.444 e. The number of nitrogens with one attached hydrogen (secondary N) is 1. The van der Waals surface area contributed by atoms with Crippen molar-refractivity contribution in [2.24, 2.45) is 5.73 Å². The average molecular weight is 336 g/mol. The average Bonchev–Trinajstić information content (AvgIpc) is 2.34. The van der Waals surface area contributed by atoms with Crippen LogP contribution >= 0.6 is 0 Å². The van der Waals surface area contributed by atoms with E-state index in [2.05, 4.69) is 5.32 Å². The van der Waals surface area contributed by atoms with Crippen LogP contribution in [-0.2, 0) is 10.9 Å². The van der Waals surface area contributed by atoms with Crippen LogP contribution in [0.4, 0.5) is 22.4 Å². The van der Waals surface area contributed by atoms with E-state index in [9.17, 15) is 22.4 Å². The molecule has 0 saturated carbocycles. The van der Waals surface area contributed by atoms with Gasteiger partial charge in [0.25, 0.3) is 0 Å². The Kier molecular flexibility index (Phi) is 5.98. The van der Waals surface area contributed by atoms with Crippen molar-refractivity contribution in [2.45, 2.75) is 45.0 Å². The molecule has 4 nitrogen and oxygen atoms in total. The van der Waals surface area contributed by atoms with E-state index in [-0.39, 0.29) is 18.5 Å².